The predicted octanol–water partition coefficient (Wildman–Crippen LogP) is 6.72. The summed E-state index contributed by atoms with van der Waals surface area (Å²) in [5.74, 6) is 0. The average Bonchev–Trinajstić information content (AvgIpc) is 2.69. The molecule has 0 heterocycles. The summed E-state index contributed by atoms with van der Waals surface area (Å²) in [6.45, 7) is 11.3. The normalized spacial score (nSPS) is 12.4. The van der Waals surface area contributed by atoms with Gasteiger partial charge in [-0.25, -0.2) is 0 Å². The van der Waals surface area contributed by atoms with Crippen LogP contribution in [-0.4, -0.2) is 8.07 Å². The monoisotopic (exact) mass is 368 g/mol. The van der Waals surface area contributed by atoms with E-state index >= 15 is 0 Å². The first-order valence-electron chi connectivity index (χ1n) is 9.54. The maximum atomic E-state index is 4.23. The lowest BCUT2D eigenvalue weighted by molar-refractivity contribution is 1.24. The van der Waals surface area contributed by atoms with Crippen molar-refractivity contribution in [2.45, 2.75) is 26.4 Å². The highest BCUT2D eigenvalue weighted by molar-refractivity contribution is 7.05. The molecule has 0 bridgehead atoms. The van der Waals surface area contributed by atoms with Crippen LogP contribution in [0.1, 0.15) is 24.5 Å². The van der Waals surface area contributed by atoms with Crippen LogP contribution in [0.3, 0.4) is 0 Å². The van der Waals surface area contributed by atoms with E-state index in [4.69, 9.17) is 0 Å². The van der Waals surface area contributed by atoms with Gasteiger partial charge in [0.2, 0.25) is 0 Å². The van der Waals surface area contributed by atoms with Gasteiger partial charge in [0, 0.05) is 0 Å². The van der Waals surface area contributed by atoms with Crippen molar-refractivity contribution in [1.29, 1.82) is 0 Å². The van der Waals surface area contributed by atoms with Gasteiger partial charge in [0.25, 0.3) is 0 Å². The van der Waals surface area contributed by atoms with Gasteiger partial charge < -0.3 is 0 Å². The van der Waals surface area contributed by atoms with E-state index in [-0.39, 0.29) is 0 Å². The van der Waals surface area contributed by atoms with Crippen LogP contribution in [0.25, 0.3) is 10.8 Å². The third kappa shape index (κ3) is 4.37. The fraction of sp³-hybridized carbons (Fsp3) is 0.154. The molecule has 0 saturated heterocycles. The topological polar surface area (TPSA) is 0 Å². The zero-order chi connectivity index (χ0) is 19.3. The van der Waals surface area contributed by atoms with Crippen LogP contribution in [0, 0.1) is 0 Å². The third-order valence-electron chi connectivity index (χ3n) is 5.09. The Morgan fingerprint density at radius 2 is 1.15 bits per heavy atom. The second kappa shape index (κ2) is 8.37. The summed E-state index contributed by atoms with van der Waals surface area (Å²) in [5, 5.41) is 2.96. The minimum atomic E-state index is -1.92. The van der Waals surface area contributed by atoms with Gasteiger partial charge >= 0.3 is 0 Å². The van der Waals surface area contributed by atoms with Crippen LogP contribution in [0.2, 0.25) is 13.1 Å². The van der Waals surface area contributed by atoms with Gasteiger partial charge in [-0.1, -0.05) is 121 Å². The first-order valence-corrected chi connectivity index (χ1v) is 12.5. The second-order valence-corrected chi connectivity index (χ2v) is 12.0. The van der Waals surface area contributed by atoms with E-state index in [0.29, 0.717) is 0 Å². The smallest absolute Gasteiger partial charge is 0.0998 e. The molecule has 0 nitrogen and oxygen atoms in total. The molecule has 3 rings (SSSR count). The van der Waals surface area contributed by atoms with Crippen molar-refractivity contribution in [3.05, 3.63) is 114 Å². The molecule has 0 aliphatic carbocycles. The molecule has 0 atom stereocenters. The van der Waals surface area contributed by atoms with Crippen LogP contribution in [0.5, 0.6) is 0 Å². The Hall–Kier alpha value is -2.64. The Morgan fingerprint density at radius 1 is 0.704 bits per heavy atom. The molecule has 0 fully saturated rings. The molecule has 0 aromatic heterocycles. The second-order valence-electron chi connectivity index (χ2n) is 7.71. The van der Waals surface area contributed by atoms with Gasteiger partial charge in [-0.15, -0.1) is 0 Å². The standard InChI is InChI=1S/C26H28Si/c1-21(2)20-25(22-14-8-5-9-15-22)26(23-16-10-6-11-17-23)27(3,4)24-18-12-7-13-19-24/h5-19H,1,20H2,2-4H3/b26-25+. The first-order chi connectivity index (χ1) is 13.0. The van der Waals surface area contributed by atoms with Gasteiger partial charge in [0.1, 0.15) is 8.07 Å². The van der Waals surface area contributed by atoms with Crippen molar-refractivity contribution < 1.29 is 0 Å². The number of benzene rings is 3. The SMILES string of the molecule is C=C(C)C/C(=C(/c1ccccc1)[Si](C)(C)c1ccccc1)c1ccccc1. The van der Waals surface area contributed by atoms with Crippen LogP contribution < -0.4 is 5.19 Å². The van der Waals surface area contributed by atoms with E-state index in [2.05, 4.69) is 118 Å². The van der Waals surface area contributed by atoms with E-state index in [1.54, 1.807) is 0 Å². The van der Waals surface area contributed by atoms with Crippen molar-refractivity contribution in [2.75, 3.05) is 0 Å². The molecular weight excluding hydrogens is 340 g/mol. The van der Waals surface area contributed by atoms with Crippen LogP contribution >= 0.6 is 0 Å². The molecule has 0 aliphatic heterocycles. The molecule has 0 radical (unpaired) electrons. The summed E-state index contributed by atoms with van der Waals surface area (Å²) in [7, 11) is -1.92. The molecular formula is C26H28Si. The molecule has 0 N–H and O–H groups in total. The molecule has 0 saturated carbocycles. The number of hydrogen-bond acceptors (Lipinski definition) is 0. The molecule has 136 valence electrons. The van der Waals surface area contributed by atoms with Gasteiger partial charge in [-0.3, -0.25) is 0 Å². The zero-order valence-corrected chi connectivity index (χ0v) is 17.6. The van der Waals surface area contributed by atoms with Crippen molar-refractivity contribution in [2.24, 2.45) is 0 Å². The quantitative estimate of drug-likeness (QED) is 0.257. The Labute approximate surface area is 164 Å². The number of rotatable bonds is 6. The Bertz CT molecular complexity index is 920. The molecule has 0 unspecified atom stereocenters. The van der Waals surface area contributed by atoms with Crippen molar-refractivity contribution in [3.63, 3.8) is 0 Å². The predicted molar refractivity (Wildman–Crippen MR) is 123 cm³/mol. The molecule has 0 amide bonds. The fourth-order valence-electron chi connectivity index (χ4n) is 3.79. The zero-order valence-electron chi connectivity index (χ0n) is 16.6. The van der Waals surface area contributed by atoms with E-state index in [1.807, 2.05) is 0 Å². The van der Waals surface area contributed by atoms with Crippen molar-refractivity contribution in [3.8, 4) is 0 Å². The van der Waals surface area contributed by atoms with Gasteiger partial charge in [-0.2, -0.15) is 0 Å². The minimum absolute atomic E-state index is 0.900. The highest BCUT2D eigenvalue weighted by Gasteiger charge is 2.32. The number of hydrogen-bond donors (Lipinski definition) is 0. The summed E-state index contributed by atoms with van der Waals surface area (Å²) in [6.07, 6.45) is 0.900. The molecule has 3 aromatic rings. The Morgan fingerprint density at radius 3 is 1.63 bits per heavy atom. The summed E-state index contributed by atoms with van der Waals surface area (Å²) in [4.78, 5) is 0. The Kier molecular flexibility index (Phi) is 5.93. The van der Waals surface area contributed by atoms with Gasteiger partial charge in [-0.05, 0) is 35.2 Å². The summed E-state index contributed by atoms with van der Waals surface area (Å²) in [5.41, 5.74) is 5.24. The summed E-state index contributed by atoms with van der Waals surface area (Å²) in [6, 6.07) is 32.7. The largest absolute Gasteiger partial charge is 0.113 e. The van der Waals surface area contributed by atoms with Crippen LogP contribution in [0.4, 0.5) is 0 Å². The van der Waals surface area contributed by atoms with Crippen LogP contribution in [0.15, 0.2) is 103 Å². The lowest BCUT2D eigenvalue weighted by Gasteiger charge is -2.31. The van der Waals surface area contributed by atoms with Gasteiger partial charge in [0.05, 0.1) is 0 Å². The lowest BCUT2D eigenvalue weighted by atomic mass is 9.97. The molecule has 0 aliphatic rings. The van der Waals surface area contributed by atoms with E-state index in [1.165, 1.54) is 32.7 Å². The van der Waals surface area contributed by atoms with Gasteiger partial charge in [0.15, 0.2) is 0 Å². The maximum absolute atomic E-state index is 4.23. The highest BCUT2D eigenvalue weighted by Crippen LogP contribution is 2.37. The van der Waals surface area contributed by atoms with E-state index in [9.17, 15) is 0 Å². The summed E-state index contributed by atoms with van der Waals surface area (Å²) >= 11 is 0. The average molecular weight is 369 g/mol. The van der Waals surface area contributed by atoms with Crippen molar-refractivity contribution in [1.82, 2.24) is 0 Å². The number of allylic oxidation sites excluding steroid dienone is 2. The minimum Gasteiger partial charge on any atom is -0.0998 e. The molecule has 3 aromatic carbocycles. The van der Waals surface area contributed by atoms with Crippen molar-refractivity contribution >= 4 is 24.0 Å². The Balaban J connectivity index is 2.33. The molecule has 1 heteroatoms. The highest BCUT2D eigenvalue weighted by atomic mass is 28.3. The van der Waals surface area contributed by atoms with E-state index in [0.717, 1.165) is 6.42 Å². The fourth-order valence-corrected chi connectivity index (χ4v) is 6.98. The first kappa shape index (κ1) is 19.1. The van der Waals surface area contributed by atoms with Crippen LogP contribution in [-0.2, 0) is 0 Å². The third-order valence-corrected chi connectivity index (χ3v) is 8.70. The maximum Gasteiger partial charge on any atom is 0.113 e. The summed E-state index contributed by atoms with van der Waals surface area (Å²) < 4.78 is 0. The van der Waals surface area contributed by atoms with E-state index < -0.39 is 8.07 Å². The molecule has 27 heavy (non-hydrogen) atoms. The molecule has 0 spiro atoms. The lowest BCUT2D eigenvalue weighted by Crippen LogP contribution is -2.43.